The van der Waals surface area contributed by atoms with Crippen molar-refractivity contribution in [2.24, 2.45) is 5.73 Å². The van der Waals surface area contributed by atoms with E-state index in [-0.39, 0.29) is 17.9 Å². The highest BCUT2D eigenvalue weighted by atomic mass is 35.5. The van der Waals surface area contributed by atoms with Crippen molar-refractivity contribution >= 4 is 35.0 Å². The number of nitrogens with two attached hydrogens (primary N) is 1. The Morgan fingerprint density at radius 3 is 2.43 bits per heavy atom. The van der Waals surface area contributed by atoms with Crippen molar-refractivity contribution in [3.05, 3.63) is 51.3 Å². The molecule has 1 aromatic carbocycles. The van der Waals surface area contributed by atoms with Crippen LogP contribution >= 0.6 is 23.2 Å². The lowest BCUT2D eigenvalue weighted by Gasteiger charge is -2.36. The fourth-order valence-electron chi connectivity index (χ4n) is 3.34. The van der Waals surface area contributed by atoms with Gasteiger partial charge in [-0.15, -0.1) is 0 Å². The summed E-state index contributed by atoms with van der Waals surface area (Å²) in [5.74, 6) is -0.515. The molecule has 1 aliphatic rings. The van der Waals surface area contributed by atoms with Crippen LogP contribution in [-0.4, -0.2) is 63.6 Å². The predicted octanol–water partition coefficient (Wildman–Crippen LogP) is 2.18. The Morgan fingerprint density at radius 1 is 1.18 bits per heavy atom. The Bertz CT molecular complexity index is 890. The van der Waals surface area contributed by atoms with Crippen LogP contribution in [0.1, 0.15) is 28.5 Å². The molecule has 2 N–H and O–H groups in total. The second-order valence-electron chi connectivity index (χ2n) is 6.91. The van der Waals surface area contributed by atoms with Gasteiger partial charge in [-0.05, 0) is 25.5 Å². The molecule has 2 heterocycles. The van der Waals surface area contributed by atoms with E-state index in [0.29, 0.717) is 54.2 Å². The van der Waals surface area contributed by atoms with Gasteiger partial charge in [0.1, 0.15) is 5.15 Å². The highest BCUT2D eigenvalue weighted by Gasteiger charge is 2.30. The minimum absolute atomic E-state index is 0.153. The van der Waals surface area contributed by atoms with Gasteiger partial charge in [0.05, 0.1) is 23.8 Å². The van der Waals surface area contributed by atoms with Gasteiger partial charge in [0.15, 0.2) is 0 Å². The van der Waals surface area contributed by atoms with E-state index in [1.807, 2.05) is 23.1 Å². The molecule has 0 radical (unpaired) electrons. The molecule has 2 amide bonds. The second-order valence-corrected chi connectivity index (χ2v) is 7.67. The molecule has 150 valence electrons. The molecule has 1 saturated heterocycles. The number of rotatable bonds is 5. The van der Waals surface area contributed by atoms with E-state index >= 15 is 0 Å². The normalized spacial score (nSPS) is 16.2. The van der Waals surface area contributed by atoms with Crippen LogP contribution in [0.3, 0.4) is 0 Å². The Kier molecular flexibility index (Phi) is 6.27. The van der Waals surface area contributed by atoms with Crippen LogP contribution in [0.25, 0.3) is 0 Å². The summed E-state index contributed by atoms with van der Waals surface area (Å²) in [6.07, 6.45) is 0. The van der Waals surface area contributed by atoms with E-state index in [1.165, 1.54) is 0 Å². The first-order chi connectivity index (χ1) is 13.3. The van der Waals surface area contributed by atoms with Crippen LogP contribution in [0.4, 0.5) is 0 Å². The highest BCUT2D eigenvalue weighted by molar-refractivity contribution is 6.33. The van der Waals surface area contributed by atoms with Crippen LogP contribution in [-0.2, 0) is 11.3 Å². The molecular formula is C19H23Cl2N5O2. The number of halogens is 2. The summed E-state index contributed by atoms with van der Waals surface area (Å²) in [6, 6.07) is 7.11. The van der Waals surface area contributed by atoms with Crippen molar-refractivity contribution in [3.8, 4) is 0 Å². The Morgan fingerprint density at radius 2 is 1.82 bits per heavy atom. The van der Waals surface area contributed by atoms with Crippen molar-refractivity contribution in [1.82, 2.24) is 19.6 Å². The third-order valence-electron chi connectivity index (χ3n) is 5.12. The summed E-state index contributed by atoms with van der Waals surface area (Å²) in [5.41, 5.74) is 7.23. The molecule has 0 saturated carbocycles. The van der Waals surface area contributed by atoms with E-state index in [2.05, 4.69) is 5.10 Å². The molecule has 0 spiro atoms. The van der Waals surface area contributed by atoms with Gasteiger partial charge >= 0.3 is 0 Å². The SMILES string of the molecule is Cc1nn(Cc2ccccc2Cl)c(Cl)c1C(=O)N1CCN(C(C)C(N)=O)CC1. The summed E-state index contributed by atoms with van der Waals surface area (Å²) < 4.78 is 1.59. The second kappa shape index (κ2) is 8.51. The van der Waals surface area contributed by atoms with Gasteiger partial charge in [0.25, 0.3) is 5.91 Å². The first-order valence-electron chi connectivity index (χ1n) is 9.08. The Balaban J connectivity index is 1.74. The molecule has 3 rings (SSSR count). The van der Waals surface area contributed by atoms with E-state index in [4.69, 9.17) is 28.9 Å². The summed E-state index contributed by atoms with van der Waals surface area (Å²) >= 11 is 12.7. The van der Waals surface area contributed by atoms with Gasteiger partial charge in [-0.1, -0.05) is 41.4 Å². The fraction of sp³-hybridized carbons (Fsp3) is 0.421. The number of carbonyl (C=O) groups excluding carboxylic acids is 2. The molecule has 1 unspecified atom stereocenters. The average Bonchev–Trinajstić information content (AvgIpc) is 2.95. The van der Waals surface area contributed by atoms with Gasteiger partial charge in [0, 0.05) is 31.2 Å². The number of aryl methyl sites for hydroxylation is 1. The number of hydrogen-bond donors (Lipinski definition) is 1. The maximum atomic E-state index is 13.0. The van der Waals surface area contributed by atoms with Crippen molar-refractivity contribution in [1.29, 1.82) is 0 Å². The topological polar surface area (TPSA) is 84.5 Å². The molecule has 28 heavy (non-hydrogen) atoms. The first-order valence-corrected chi connectivity index (χ1v) is 9.84. The largest absolute Gasteiger partial charge is 0.368 e. The number of piperazine rings is 1. The lowest BCUT2D eigenvalue weighted by molar-refractivity contribution is -0.123. The molecule has 0 bridgehead atoms. The zero-order chi connectivity index (χ0) is 20.4. The van der Waals surface area contributed by atoms with Gasteiger partial charge in [-0.25, -0.2) is 4.68 Å². The van der Waals surface area contributed by atoms with E-state index < -0.39 is 0 Å². The summed E-state index contributed by atoms with van der Waals surface area (Å²) in [7, 11) is 0. The van der Waals surface area contributed by atoms with Crippen LogP contribution in [0.5, 0.6) is 0 Å². The van der Waals surface area contributed by atoms with E-state index in [1.54, 1.807) is 29.5 Å². The molecule has 1 fully saturated rings. The Labute approximate surface area is 174 Å². The van der Waals surface area contributed by atoms with Gasteiger partial charge in [0.2, 0.25) is 5.91 Å². The fourth-order valence-corrected chi connectivity index (χ4v) is 3.85. The van der Waals surface area contributed by atoms with Crippen molar-refractivity contribution in [3.63, 3.8) is 0 Å². The minimum Gasteiger partial charge on any atom is -0.368 e. The quantitative estimate of drug-likeness (QED) is 0.798. The monoisotopic (exact) mass is 423 g/mol. The molecular weight excluding hydrogens is 401 g/mol. The first kappa shape index (κ1) is 20.6. The maximum absolute atomic E-state index is 13.0. The molecule has 9 heteroatoms. The van der Waals surface area contributed by atoms with Crippen molar-refractivity contribution < 1.29 is 9.59 Å². The zero-order valence-corrected chi connectivity index (χ0v) is 17.4. The zero-order valence-electron chi connectivity index (χ0n) is 15.9. The minimum atomic E-state index is -0.362. The number of carbonyl (C=O) groups is 2. The van der Waals surface area contributed by atoms with Gasteiger partial charge < -0.3 is 10.6 Å². The molecule has 1 aromatic heterocycles. The highest BCUT2D eigenvalue weighted by Crippen LogP contribution is 2.25. The van der Waals surface area contributed by atoms with Gasteiger partial charge in [-0.2, -0.15) is 5.10 Å². The third kappa shape index (κ3) is 4.16. The van der Waals surface area contributed by atoms with Crippen molar-refractivity contribution in [2.75, 3.05) is 26.2 Å². The summed E-state index contributed by atoms with van der Waals surface area (Å²) in [4.78, 5) is 28.1. The molecule has 1 atom stereocenters. The number of nitrogens with zero attached hydrogens (tertiary/aromatic N) is 4. The van der Waals surface area contributed by atoms with Crippen LogP contribution in [0.2, 0.25) is 10.2 Å². The van der Waals surface area contributed by atoms with E-state index in [0.717, 1.165) is 5.56 Å². The van der Waals surface area contributed by atoms with Crippen LogP contribution in [0, 0.1) is 6.92 Å². The lowest BCUT2D eigenvalue weighted by Crippen LogP contribution is -2.54. The van der Waals surface area contributed by atoms with E-state index in [9.17, 15) is 9.59 Å². The summed E-state index contributed by atoms with van der Waals surface area (Å²) in [5, 5.41) is 5.36. The summed E-state index contributed by atoms with van der Waals surface area (Å²) in [6.45, 7) is 6.11. The van der Waals surface area contributed by atoms with Gasteiger partial charge in [-0.3, -0.25) is 14.5 Å². The lowest BCUT2D eigenvalue weighted by atomic mass is 10.2. The average molecular weight is 424 g/mol. The maximum Gasteiger partial charge on any atom is 0.258 e. The number of amides is 2. The smallest absolute Gasteiger partial charge is 0.258 e. The van der Waals surface area contributed by atoms with Crippen LogP contribution < -0.4 is 5.73 Å². The van der Waals surface area contributed by atoms with Crippen molar-refractivity contribution in [2.45, 2.75) is 26.4 Å². The number of hydrogen-bond acceptors (Lipinski definition) is 4. The number of benzene rings is 1. The molecule has 1 aliphatic heterocycles. The standard InChI is InChI=1S/C19H23Cl2N5O2/c1-12-16(17(21)26(23-12)11-14-5-3-4-6-15(14)20)19(28)25-9-7-24(8-10-25)13(2)18(22)27/h3-6,13H,7-11H2,1-2H3,(H2,22,27). The number of aromatic nitrogens is 2. The predicted molar refractivity (Wildman–Crippen MR) is 109 cm³/mol. The molecule has 0 aliphatic carbocycles. The van der Waals surface area contributed by atoms with Crippen LogP contribution in [0.15, 0.2) is 24.3 Å². The number of primary amides is 1. The Hall–Kier alpha value is -2.09. The molecule has 7 nitrogen and oxygen atoms in total. The third-order valence-corrected chi connectivity index (χ3v) is 5.87. The molecule has 2 aromatic rings.